The maximum Gasteiger partial charge on any atom is 0.323 e. The molecule has 0 saturated heterocycles. The lowest BCUT2D eigenvalue weighted by Gasteiger charge is -2.19. The molecule has 0 unspecified atom stereocenters. The Kier molecular flexibility index (Phi) is 4.52. The Labute approximate surface area is 134 Å². The van der Waals surface area contributed by atoms with Crippen molar-refractivity contribution in [1.82, 2.24) is 0 Å². The molecule has 0 atom stereocenters. The van der Waals surface area contributed by atoms with Crippen molar-refractivity contribution in [2.24, 2.45) is 0 Å². The number of urea groups is 1. The molecule has 1 heterocycles. The monoisotopic (exact) mass is 314 g/mol. The summed E-state index contributed by atoms with van der Waals surface area (Å²) in [6, 6.07) is 12.2. The molecule has 3 rings (SSSR count). The molecule has 0 aliphatic carbocycles. The quantitative estimate of drug-likeness (QED) is 0.906. The first-order valence-electron chi connectivity index (χ1n) is 7.45. The number of carbonyl (C=O) groups is 1. The van der Waals surface area contributed by atoms with Gasteiger partial charge >= 0.3 is 6.03 Å². The molecule has 2 aromatic rings. The predicted octanol–water partition coefficient (Wildman–Crippen LogP) is 3.50. The topological polar surface area (TPSA) is 68.8 Å². The number of ether oxygens (including phenoxy) is 3. The lowest BCUT2D eigenvalue weighted by molar-refractivity contribution is 0.171. The van der Waals surface area contributed by atoms with Crippen LogP contribution in [0.2, 0.25) is 0 Å². The molecule has 2 N–H and O–H groups in total. The Balaban J connectivity index is 1.60. The molecular weight excluding hydrogens is 296 g/mol. The molecule has 0 fully saturated rings. The second-order valence-corrected chi connectivity index (χ2v) is 4.89. The van der Waals surface area contributed by atoms with Gasteiger partial charge in [0, 0.05) is 17.4 Å². The van der Waals surface area contributed by atoms with Crippen molar-refractivity contribution in [3.05, 3.63) is 42.5 Å². The van der Waals surface area contributed by atoms with E-state index >= 15 is 0 Å². The summed E-state index contributed by atoms with van der Waals surface area (Å²) in [6.45, 7) is 3.58. The van der Waals surface area contributed by atoms with Gasteiger partial charge < -0.3 is 24.8 Å². The number of amides is 2. The fraction of sp³-hybridized carbons (Fsp3) is 0.235. The normalized spacial score (nSPS) is 12.4. The van der Waals surface area contributed by atoms with Crippen LogP contribution in [0, 0.1) is 0 Å². The number of benzene rings is 2. The number of rotatable bonds is 4. The van der Waals surface area contributed by atoms with Crippen LogP contribution in [-0.2, 0) is 0 Å². The summed E-state index contributed by atoms with van der Waals surface area (Å²) >= 11 is 0. The second-order valence-electron chi connectivity index (χ2n) is 4.89. The van der Waals surface area contributed by atoms with Crippen molar-refractivity contribution in [2.45, 2.75) is 6.92 Å². The average molecular weight is 314 g/mol. The van der Waals surface area contributed by atoms with Gasteiger partial charge in [0.1, 0.15) is 19.0 Å². The highest BCUT2D eigenvalue weighted by Crippen LogP contribution is 2.32. The first kappa shape index (κ1) is 15.0. The van der Waals surface area contributed by atoms with Crippen LogP contribution < -0.4 is 24.8 Å². The zero-order valence-electron chi connectivity index (χ0n) is 12.8. The van der Waals surface area contributed by atoms with E-state index in [4.69, 9.17) is 14.2 Å². The molecule has 120 valence electrons. The lowest BCUT2D eigenvalue weighted by atomic mass is 10.2. The number of nitrogens with one attached hydrogen (secondary N) is 2. The fourth-order valence-corrected chi connectivity index (χ4v) is 2.22. The number of hydrogen-bond donors (Lipinski definition) is 2. The fourth-order valence-electron chi connectivity index (χ4n) is 2.22. The Bertz CT molecular complexity index is 685. The number of hydrogen-bond acceptors (Lipinski definition) is 4. The van der Waals surface area contributed by atoms with Crippen LogP contribution in [0.1, 0.15) is 6.92 Å². The van der Waals surface area contributed by atoms with E-state index in [1.165, 1.54) is 0 Å². The van der Waals surface area contributed by atoms with Crippen molar-refractivity contribution in [3.8, 4) is 17.2 Å². The van der Waals surface area contributed by atoms with E-state index in [-0.39, 0.29) is 6.03 Å². The van der Waals surface area contributed by atoms with E-state index in [0.717, 1.165) is 5.75 Å². The molecular formula is C17H18N2O4. The molecule has 0 aromatic heterocycles. The van der Waals surface area contributed by atoms with E-state index in [0.29, 0.717) is 42.7 Å². The zero-order valence-corrected chi connectivity index (χ0v) is 12.8. The summed E-state index contributed by atoms with van der Waals surface area (Å²) in [6.07, 6.45) is 0. The minimum atomic E-state index is -0.328. The van der Waals surface area contributed by atoms with E-state index in [9.17, 15) is 4.79 Å². The Morgan fingerprint density at radius 2 is 1.65 bits per heavy atom. The largest absolute Gasteiger partial charge is 0.494 e. The molecule has 1 aliphatic rings. The number of carbonyl (C=O) groups excluding carboxylic acids is 1. The second kappa shape index (κ2) is 6.91. The maximum atomic E-state index is 12.0. The summed E-state index contributed by atoms with van der Waals surface area (Å²) in [7, 11) is 0. The molecule has 0 saturated carbocycles. The van der Waals surface area contributed by atoms with Gasteiger partial charge in [0.05, 0.1) is 6.61 Å². The van der Waals surface area contributed by atoms with Gasteiger partial charge in [0.15, 0.2) is 11.5 Å². The summed E-state index contributed by atoms with van der Waals surface area (Å²) in [4.78, 5) is 12.0. The maximum absolute atomic E-state index is 12.0. The average Bonchev–Trinajstić information content (AvgIpc) is 2.57. The Morgan fingerprint density at radius 3 is 2.39 bits per heavy atom. The van der Waals surface area contributed by atoms with Crippen molar-refractivity contribution in [3.63, 3.8) is 0 Å². The van der Waals surface area contributed by atoms with Gasteiger partial charge in [0.25, 0.3) is 0 Å². The van der Waals surface area contributed by atoms with Crippen LogP contribution in [0.4, 0.5) is 16.2 Å². The van der Waals surface area contributed by atoms with Crippen molar-refractivity contribution >= 4 is 17.4 Å². The van der Waals surface area contributed by atoms with Crippen LogP contribution in [0.15, 0.2) is 42.5 Å². The van der Waals surface area contributed by atoms with Gasteiger partial charge in [-0.05, 0) is 43.3 Å². The highest BCUT2D eigenvalue weighted by atomic mass is 16.6. The van der Waals surface area contributed by atoms with Gasteiger partial charge in [0.2, 0.25) is 0 Å². The summed E-state index contributed by atoms with van der Waals surface area (Å²) in [5, 5.41) is 5.53. The van der Waals surface area contributed by atoms with Crippen LogP contribution in [0.3, 0.4) is 0 Å². The third kappa shape index (κ3) is 3.85. The van der Waals surface area contributed by atoms with Crippen LogP contribution >= 0.6 is 0 Å². The minimum Gasteiger partial charge on any atom is -0.494 e. The number of fused-ring (bicyclic) bond motifs is 1. The van der Waals surface area contributed by atoms with Crippen LogP contribution in [0.5, 0.6) is 17.2 Å². The molecule has 2 amide bonds. The molecule has 1 aliphatic heterocycles. The van der Waals surface area contributed by atoms with Gasteiger partial charge in [-0.1, -0.05) is 0 Å². The van der Waals surface area contributed by atoms with Crippen LogP contribution in [-0.4, -0.2) is 25.9 Å². The standard InChI is InChI=1S/C17H18N2O4/c1-2-21-14-6-3-12(4-7-14)18-17(20)19-13-5-8-15-16(11-13)23-10-9-22-15/h3-8,11H,2,9-10H2,1H3,(H2,18,19,20). The van der Waals surface area contributed by atoms with Gasteiger partial charge in [-0.2, -0.15) is 0 Å². The smallest absolute Gasteiger partial charge is 0.323 e. The Morgan fingerprint density at radius 1 is 1.00 bits per heavy atom. The highest BCUT2D eigenvalue weighted by Gasteiger charge is 2.12. The van der Waals surface area contributed by atoms with Crippen molar-refractivity contribution in [2.75, 3.05) is 30.5 Å². The molecule has 6 heteroatoms. The third-order valence-electron chi connectivity index (χ3n) is 3.22. The van der Waals surface area contributed by atoms with Gasteiger partial charge in [-0.15, -0.1) is 0 Å². The summed E-state index contributed by atoms with van der Waals surface area (Å²) in [5.41, 5.74) is 1.32. The molecule has 2 aromatic carbocycles. The molecule has 23 heavy (non-hydrogen) atoms. The summed E-state index contributed by atoms with van der Waals surface area (Å²) < 4.78 is 16.3. The molecule has 0 bridgehead atoms. The van der Waals surface area contributed by atoms with E-state index in [2.05, 4.69) is 10.6 Å². The Hall–Kier alpha value is -2.89. The zero-order chi connectivity index (χ0) is 16.1. The predicted molar refractivity (Wildman–Crippen MR) is 87.7 cm³/mol. The van der Waals surface area contributed by atoms with E-state index in [1.54, 1.807) is 30.3 Å². The van der Waals surface area contributed by atoms with E-state index < -0.39 is 0 Å². The van der Waals surface area contributed by atoms with E-state index in [1.807, 2.05) is 19.1 Å². The van der Waals surface area contributed by atoms with Crippen molar-refractivity contribution < 1.29 is 19.0 Å². The van der Waals surface area contributed by atoms with Crippen molar-refractivity contribution in [1.29, 1.82) is 0 Å². The molecule has 0 radical (unpaired) electrons. The third-order valence-corrected chi connectivity index (χ3v) is 3.22. The number of anilines is 2. The first-order valence-corrected chi connectivity index (χ1v) is 7.45. The van der Waals surface area contributed by atoms with Gasteiger partial charge in [-0.3, -0.25) is 0 Å². The minimum absolute atomic E-state index is 0.328. The lowest BCUT2D eigenvalue weighted by Crippen LogP contribution is -2.20. The molecule has 0 spiro atoms. The van der Waals surface area contributed by atoms with Crippen LogP contribution in [0.25, 0.3) is 0 Å². The summed E-state index contributed by atoms with van der Waals surface area (Å²) in [5.74, 6) is 2.09. The first-order chi connectivity index (χ1) is 11.2. The SMILES string of the molecule is CCOc1ccc(NC(=O)Nc2ccc3c(c2)OCCO3)cc1. The molecule has 6 nitrogen and oxygen atoms in total. The highest BCUT2D eigenvalue weighted by molar-refractivity contribution is 5.99. The van der Waals surface area contributed by atoms with Gasteiger partial charge in [-0.25, -0.2) is 4.79 Å².